The van der Waals surface area contributed by atoms with Crippen LogP contribution in [-0.2, 0) is 0 Å². The van der Waals surface area contributed by atoms with Gasteiger partial charge in [-0.05, 0) is 24.5 Å². The second kappa shape index (κ2) is 10.2. The van der Waals surface area contributed by atoms with Crippen LogP contribution in [0.25, 0.3) is 0 Å². The second-order valence-electron chi connectivity index (χ2n) is 5.72. The summed E-state index contributed by atoms with van der Waals surface area (Å²) in [5.74, 6) is 0.769. The summed E-state index contributed by atoms with van der Waals surface area (Å²) in [6.07, 6.45) is 1.01. The lowest BCUT2D eigenvalue weighted by Gasteiger charge is -2.37. The average molecular weight is 435 g/mol. The van der Waals surface area contributed by atoms with E-state index in [9.17, 15) is 5.11 Å². The Labute approximate surface area is 158 Å². The lowest BCUT2D eigenvalue weighted by atomic mass is 9.94. The Morgan fingerprint density at radius 2 is 1.86 bits per heavy atom. The summed E-state index contributed by atoms with van der Waals surface area (Å²) >= 11 is 9.68. The lowest BCUT2D eigenvalue weighted by molar-refractivity contribution is 0.151. The number of rotatable bonds is 4. The largest absolute Gasteiger partial charge is 0.506 e. The molecule has 0 saturated carbocycles. The molecule has 2 N–H and O–H groups in total. The molecular weight excluding hydrogens is 410 g/mol. The standard InChI is InChI=1S/C15H22BrClN2O.2ClH/c1-10(2)9-13(19-7-5-18-6-8-19)14-11(16)3-4-12(17)15(14)20;;/h3-4,10,13,18,20H,5-9H2,1-2H3;2*1H/t13-;;/m1../s1. The Bertz CT molecular complexity index is 468. The number of aromatic hydroxyl groups is 1. The molecule has 1 aliphatic heterocycles. The molecule has 1 atom stereocenters. The Balaban J connectivity index is 0.00000220. The van der Waals surface area contributed by atoms with Crippen LogP contribution in [0.1, 0.15) is 31.9 Å². The van der Waals surface area contributed by atoms with E-state index in [4.69, 9.17) is 11.6 Å². The van der Waals surface area contributed by atoms with Gasteiger partial charge in [0.15, 0.2) is 0 Å². The quantitative estimate of drug-likeness (QED) is 0.724. The molecule has 0 unspecified atom stereocenters. The van der Waals surface area contributed by atoms with Gasteiger partial charge in [0.05, 0.1) is 5.02 Å². The number of phenols is 1. The molecule has 128 valence electrons. The van der Waals surface area contributed by atoms with Gasteiger partial charge in [0, 0.05) is 42.3 Å². The fraction of sp³-hybridized carbons (Fsp3) is 0.600. The van der Waals surface area contributed by atoms with Crippen molar-refractivity contribution in [2.24, 2.45) is 5.92 Å². The zero-order chi connectivity index (χ0) is 14.7. The molecule has 1 heterocycles. The van der Waals surface area contributed by atoms with Gasteiger partial charge in [0.25, 0.3) is 0 Å². The Kier molecular flexibility index (Phi) is 10.4. The van der Waals surface area contributed by atoms with Crippen LogP contribution in [0.15, 0.2) is 16.6 Å². The van der Waals surface area contributed by atoms with Gasteiger partial charge in [-0.1, -0.05) is 41.4 Å². The van der Waals surface area contributed by atoms with Crippen LogP contribution in [0, 0.1) is 5.92 Å². The molecule has 1 aromatic rings. The van der Waals surface area contributed by atoms with E-state index in [1.807, 2.05) is 6.07 Å². The maximum absolute atomic E-state index is 10.4. The number of phenolic OH excluding ortho intramolecular Hbond substituents is 1. The van der Waals surface area contributed by atoms with Crippen molar-refractivity contribution in [3.63, 3.8) is 0 Å². The van der Waals surface area contributed by atoms with Gasteiger partial charge in [-0.15, -0.1) is 24.8 Å². The van der Waals surface area contributed by atoms with Crippen molar-refractivity contribution in [2.45, 2.75) is 26.3 Å². The van der Waals surface area contributed by atoms with E-state index in [2.05, 4.69) is 40.0 Å². The van der Waals surface area contributed by atoms with Crippen LogP contribution in [0.2, 0.25) is 5.02 Å². The lowest BCUT2D eigenvalue weighted by Crippen LogP contribution is -2.45. The fourth-order valence-electron chi connectivity index (χ4n) is 2.76. The highest BCUT2D eigenvalue weighted by molar-refractivity contribution is 9.10. The van der Waals surface area contributed by atoms with Gasteiger partial charge >= 0.3 is 0 Å². The zero-order valence-corrected chi connectivity index (χ0v) is 16.8. The van der Waals surface area contributed by atoms with E-state index < -0.39 is 0 Å². The minimum atomic E-state index is 0. The summed E-state index contributed by atoms with van der Waals surface area (Å²) in [5, 5.41) is 14.2. The van der Waals surface area contributed by atoms with E-state index >= 15 is 0 Å². The molecule has 2 rings (SSSR count). The second-order valence-corrected chi connectivity index (χ2v) is 6.98. The third-order valence-electron chi connectivity index (χ3n) is 3.73. The summed E-state index contributed by atoms with van der Waals surface area (Å²) in [5.41, 5.74) is 0.924. The van der Waals surface area contributed by atoms with Gasteiger partial charge in [-0.2, -0.15) is 0 Å². The minimum Gasteiger partial charge on any atom is -0.506 e. The van der Waals surface area contributed by atoms with Gasteiger partial charge in [0.2, 0.25) is 0 Å². The molecule has 0 amide bonds. The maximum Gasteiger partial charge on any atom is 0.140 e. The number of nitrogens with zero attached hydrogens (tertiary/aromatic N) is 1. The first-order valence-corrected chi connectivity index (χ1v) is 8.29. The number of hydrogen-bond donors (Lipinski definition) is 2. The van der Waals surface area contributed by atoms with Crippen molar-refractivity contribution in [3.8, 4) is 5.75 Å². The van der Waals surface area contributed by atoms with Crippen molar-refractivity contribution >= 4 is 52.3 Å². The van der Waals surface area contributed by atoms with Gasteiger partial charge in [-0.3, -0.25) is 4.90 Å². The summed E-state index contributed by atoms with van der Waals surface area (Å²) in [4.78, 5) is 2.44. The molecule has 22 heavy (non-hydrogen) atoms. The van der Waals surface area contributed by atoms with E-state index in [1.165, 1.54) is 0 Å². The van der Waals surface area contributed by atoms with Crippen LogP contribution < -0.4 is 5.32 Å². The first kappa shape index (κ1) is 22.3. The normalized spacial score (nSPS) is 16.8. The van der Waals surface area contributed by atoms with Gasteiger partial charge in [0.1, 0.15) is 5.75 Å². The zero-order valence-electron chi connectivity index (χ0n) is 12.8. The van der Waals surface area contributed by atoms with Crippen LogP contribution in [0.3, 0.4) is 0 Å². The molecular formula is C15H24BrCl3N2O. The van der Waals surface area contributed by atoms with Crippen molar-refractivity contribution in [3.05, 3.63) is 27.2 Å². The molecule has 7 heteroatoms. The Hall–Kier alpha value is 0.290. The first-order chi connectivity index (χ1) is 9.50. The van der Waals surface area contributed by atoms with E-state index in [0.29, 0.717) is 10.9 Å². The van der Waals surface area contributed by atoms with Crippen molar-refractivity contribution in [1.29, 1.82) is 0 Å². The molecule has 0 radical (unpaired) electrons. The molecule has 0 aromatic heterocycles. The SMILES string of the molecule is CC(C)C[C@H](c1c(Br)ccc(Cl)c1O)N1CCNCC1.Cl.Cl. The van der Waals surface area contributed by atoms with Crippen molar-refractivity contribution in [1.82, 2.24) is 10.2 Å². The average Bonchev–Trinajstić information content (AvgIpc) is 2.43. The predicted octanol–water partition coefficient (Wildman–Crippen LogP) is 4.64. The van der Waals surface area contributed by atoms with Gasteiger partial charge in [-0.25, -0.2) is 0 Å². The highest BCUT2D eigenvalue weighted by Crippen LogP contribution is 2.42. The highest BCUT2D eigenvalue weighted by Gasteiger charge is 2.27. The number of nitrogens with one attached hydrogen (secondary N) is 1. The third-order valence-corrected chi connectivity index (χ3v) is 4.73. The summed E-state index contributed by atoms with van der Waals surface area (Å²) in [6, 6.07) is 3.85. The number of halogens is 4. The van der Waals surface area contributed by atoms with Crippen LogP contribution in [0.4, 0.5) is 0 Å². The topological polar surface area (TPSA) is 35.5 Å². The molecule has 1 aliphatic rings. The Morgan fingerprint density at radius 1 is 1.27 bits per heavy atom. The predicted molar refractivity (Wildman–Crippen MR) is 102 cm³/mol. The van der Waals surface area contributed by atoms with E-state index in [-0.39, 0.29) is 36.6 Å². The highest BCUT2D eigenvalue weighted by atomic mass is 79.9. The fourth-order valence-corrected chi connectivity index (χ4v) is 3.51. The van der Waals surface area contributed by atoms with Crippen molar-refractivity contribution < 1.29 is 5.11 Å². The van der Waals surface area contributed by atoms with Gasteiger partial charge < -0.3 is 10.4 Å². The monoisotopic (exact) mass is 432 g/mol. The molecule has 1 aromatic carbocycles. The first-order valence-electron chi connectivity index (χ1n) is 7.12. The minimum absolute atomic E-state index is 0. The number of piperazine rings is 1. The maximum atomic E-state index is 10.4. The van der Waals surface area contributed by atoms with E-state index in [1.54, 1.807) is 6.07 Å². The smallest absolute Gasteiger partial charge is 0.140 e. The third kappa shape index (κ3) is 5.43. The van der Waals surface area contributed by atoms with Crippen LogP contribution in [-0.4, -0.2) is 36.2 Å². The summed E-state index contributed by atoms with van der Waals surface area (Å²) in [6.45, 7) is 8.40. The Morgan fingerprint density at radius 3 is 2.41 bits per heavy atom. The molecule has 0 aliphatic carbocycles. The van der Waals surface area contributed by atoms with Crippen LogP contribution >= 0.6 is 52.3 Å². The molecule has 0 bridgehead atoms. The molecule has 3 nitrogen and oxygen atoms in total. The van der Waals surface area contributed by atoms with Crippen molar-refractivity contribution in [2.75, 3.05) is 26.2 Å². The molecule has 1 saturated heterocycles. The number of benzene rings is 1. The summed E-state index contributed by atoms with van der Waals surface area (Å²) in [7, 11) is 0. The molecule has 1 fully saturated rings. The summed E-state index contributed by atoms with van der Waals surface area (Å²) < 4.78 is 0.934. The number of hydrogen-bond acceptors (Lipinski definition) is 3. The van der Waals surface area contributed by atoms with E-state index in [0.717, 1.165) is 42.6 Å². The molecule has 0 spiro atoms. The van der Waals surface area contributed by atoms with Crippen LogP contribution in [0.5, 0.6) is 5.75 Å².